The summed E-state index contributed by atoms with van der Waals surface area (Å²) in [5.41, 5.74) is 6.65. The summed E-state index contributed by atoms with van der Waals surface area (Å²) in [4.78, 5) is 10.9. The first-order valence-corrected chi connectivity index (χ1v) is 5.36. The number of anilines is 1. The van der Waals surface area contributed by atoms with Gasteiger partial charge in [0.1, 0.15) is 0 Å². The van der Waals surface area contributed by atoms with Gasteiger partial charge in [0.2, 0.25) is 5.91 Å². The summed E-state index contributed by atoms with van der Waals surface area (Å²) in [5, 5.41) is 3.24. The van der Waals surface area contributed by atoms with E-state index in [2.05, 4.69) is 5.32 Å². The van der Waals surface area contributed by atoms with Crippen LogP contribution in [-0.2, 0) is 4.74 Å². The van der Waals surface area contributed by atoms with Crippen LogP contribution in [0.15, 0.2) is 24.3 Å². The van der Waals surface area contributed by atoms with E-state index in [1.807, 2.05) is 12.1 Å². The molecular formula is C12H18N2O2. The van der Waals surface area contributed by atoms with Gasteiger partial charge in [0.15, 0.2) is 0 Å². The van der Waals surface area contributed by atoms with Crippen molar-refractivity contribution in [2.75, 3.05) is 25.6 Å². The van der Waals surface area contributed by atoms with E-state index in [1.54, 1.807) is 19.2 Å². The molecule has 0 aliphatic rings. The van der Waals surface area contributed by atoms with Crippen molar-refractivity contribution in [3.05, 3.63) is 29.8 Å². The number of nitrogens with one attached hydrogen (secondary N) is 1. The molecule has 1 rings (SSSR count). The number of carbonyl (C=O) groups excluding carboxylic acids is 1. The Morgan fingerprint density at radius 3 is 2.94 bits per heavy atom. The molecule has 0 bridgehead atoms. The number of hydrogen-bond donors (Lipinski definition) is 2. The second-order valence-electron chi connectivity index (χ2n) is 3.57. The second kappa shape index (κ2) is 6.85. The van der Waals surface area contributed by atoms with Gasteiger partial charge in [0.05, 0.1) is 0 Å². The number of primary amides is 1. The lowest BCUT2D eigenvalue weighted by molar-refractivity contribution is 0.100. The Bertz CT molecular complexity index is 340. The van der Waals surface area contributed by atoms with Crippen LogP contribution in [0.2, 0.25) is 0 Å². The second-order valence-corrected chi connectivity index (χ2v) is 3.57. The summed E-state index contributed by atoms with van der Waals surface area (Å²) in [5.74, 6) is -0.400. The van der Waals surface area contributed by atoms with Gasteiger partial charge < -0.3 is 15.8 Å². The molecule has 0 aliphatic heterocycles. The zero-order valence-electron chi connectivity index (χ0n) is 9.53. The summed E-state index contributed by atoms with van der Waals surface area (Å²) in [6, 6.07) is 7.21. The lowest BCUT2D eigenvalue weighted by Gasteiger charge is -2.06. The van der Waals surface area contributed by atoms with Crippen molar-refractivity contribution in [2.45, 2.75) is 12.8 Å². The summed E-state index contributed by atoms with van der Waals surface area (Å²) in [6.45, 7) is 1.65. The Balaban J connectivity index is 2.36. The number of ether oxygens (including phenoxy) is 1. The minimum absolute atomic E-state index is 0.400. The minimum atomic E-state index is -0.400. The Labute approximate surface area is 95.8 Å². The zero-order valence-corrected chi connectivity index (χ0v) is 9.53. The van der Waals surface area contributed by atoms with Gasteiger partial charge in [-0.3, -0.25) is 4.79 Å². The standard InChI is InChI=1S/C12H18N2O2/c1-16-8-3-2-7-14-11-6-4-5-10(9-11)12(13)15/h4-6,9,14H,2-3,7-8H2,1H3,(H2,13,15). The number of hydrogen-bond acceptors (Lipinski definition) is 3. The fourth-order valence-corrected chi connectivity index (χ4v) is 1.39. The van der Waals surface area contributed by atoms with Crippen molar-refractivity contribution in [1.29, 1.82) is 0 Å². The molecule has 0 unspecified atom stereocenters. The maximum Gasteiger partial charge on any atom is 0.248 e. The molecule has 88 valence electrons. The third-order valence-corrected chi connectivity index (χ3v) is 2.25. The molecule has 0 saturated carbocycles. The molecule has 1 aromatic rings. The maximum atomic E-state index is 10.9. The highest BCUT2D eigenvalue weighted by atomic mass is 16.5. The van der Waals surface area contributed by atoms with Crippen LogP contribution in [0.1, 0.15) is 23.2 Å². The van der Waals surface area contributed by atoms with E-state index >= 15 is 0 Å². The van der Waals surface area contributed by atoms with Crippen LogP contribution in [0.5, 0.6) is 0 Å². The summed E-state index contributed by atoms with van der Waals surface area (Å²) >= 11 is 0. The molecule has 0 saturated heterocycles. The van der Waals surface area contributed by atoms with Crippen LogP contribution < -0.4 is 11.1 Å². The van der Waals surface area contributed by atoms with Crippen molar-refractivity contribution in [3.8, 4) is 0 Å². The van der Waals surface area contributed by atoms with E-state index in [-0.39, 0.29) is 0 Å². The summed E-state index contributed by atoms with van der Waals surface area (Å²) in [6.07, 6.45) is 2.06. The molecule has 0 radical (unpaired) electrons. The molecule has 3 N–H and O–H groups in total. The molecule has 0 heterocycles. The highest BCUT2D eigenvalue weighted by molar-refractivity contribution is 5.93. The normalized spacial score (nSPS) is 10.1. The first-order chi connectivity index (χ1) is 7.74. The van der Waals surface area contributed by atoms with Gasteiger partial charge in [-0.2, -0.15) is 0 Å². The molecule has 0 aromatic heterocycles. The number of amides is 1. The largest absolute Gasteiger partial charge is 0.385 e. The quantitative estimate of drug-likeness (QED) is 0.689. The Morgan fingerprint density at radius 1 is 1.44 bits per heavy atom. The van der Waals surface area contributed by atoms with Crippen molar-refractivity contribution in [1.82, 2.24) is 0 Å². The van der Waals surface area contributed by atoms with Crippen LogP contribution in [0, 0.1) is 0 Å². The van der Waals surface area contributed by atoms with Crippen LogP contribution in [0.4, 0.5) is 5.69 Å². The number of benzene rings is 1. The summed E-state index contributed by atoms with van der Waals surface area (Å²) in [7, 11) is 1.70. The Hall–Kier alpha value is -1.55. The van der Waals surface area contributed by atoms with Crippen LogP contribution in [0.3, 0.4) is 0 Å². The molecule has 0 fully saturated rings. The minimum Gasteiger partial charge on any atom is -0.385 e. The fourth-order valence-electron chi connectivity index (χ4n) is 1.39. The smallest absolute Gasteiger partial charge is 0.248 e. The first kappa shape index (κ1) is 12.5. The molecule has 4 nitrogen and oxygen atoms in total. The molecule has 0 atom stereocenters. The SMILES string of the molecule is COCCCCNc1cccc(C(N)=O)c1. The lowest BCUT2D eigenvalue weighted by atomic mass is 10.2. The first-order valence-electron chi connectivity index (χ1n) is 5.36. The number of carbonyl (C=O) groups is 1. The topological polar surface area (TPSA) is 64.3 Å². The van der Waals surface area contributed by atoms with Gasteiger partial charge in [-0.25, -0.2) is 0 Å². The van der Waals surface area contributed by atoms with E-state index in [1.165, 1.54) is 0 Å². The average molecular weight is 222 g/mol. The number of unbranched alkanes of at least 4 members (excludes halogenated alkanes) is 1. The fraction of sp³-hybridized carbons (Fsp3) is 0.417. The van der Waals surface area contributed by atoms with E-state index in [0.717, 1.165) is 31.7 Å². The maximum absolute atomic E-state index is 10.9. The van der Waals surface area contributed by atoms with E-state index in [0.29, 0.717) is 5.56 Å². The van der Waals surface area contributed by atoms with Gasteiger partial charge in [-0.1, -0.05) is 6.07 Å². The molecule has 4 heteroatoms. The third kappa shape index (κ3) is 4.31. The van der Waals surface area contributed by atoms with Gasteiger partial charge in [0, 0.05) is 31.5 Å². The van der Waals surface area contributed by atoms with Crippen molar-refractivity contribution in [2.24, 2.45) is 5.73 Å². The van der Waals surface area contributed by atoms with Gasteiger partial charge >= 0.3 is 0 Å². The van der Waals surface area contributed by atoms with Crippen LogP contribution >= 0.6 is 0 Å². The Morgan fingerprint density at radius 2 is 2.25 bits per heavy atom. The van der Waals surface area contributed by atoms with Crippen molar-refractivity contribution >= 4 is 11.6 Å². The zero-order chi connectivity index (χ0) is 11.8. The molecular weight excluding hydrogens is 204 g/mol. The van der Waals surface area contributed by atoms with Gasteiger partial charge in [0.25, 0.3) is 0 Å². The van der Waals surface area contributed by atoms with Gasteiger partial charge in [-0.15, -0.1) is 0 Å². The highest BCUT2D eigenvalue weighted by Crippen LogP contribution is 2.10. The average Bonchev–Trinajstić information content (AvgIpc) is 2.29. The van der Waals surface area contributed by atoms with E-state index < -0.39 is 5.91 Å². The third-order valence-electron chi connectivity index (χ3n) is 2.25. The highest BCUT2D eigenvalue weighted by Gasteiger charge is 2.00. The predicted molar refractivity (Wildman–Crippen MR) is 64.6 cm³/mol. The number of rotatable bonds is 7. The van der Waals surface area contributed by atoms with E-state index in [4.69, 9.17) is 10.5 Å². The molecule has 1 amide bonds. The molecule has 16 heavy (non-hydrogen) atoms. The Kier molecular flexibility index (Phi) is 5.36. The molecule has 1 aromatic carbocycles. The van der Waals surface area contributed by atoms with Crippen LogP contribution in [0.25, 0.3) is 0 Å². The summed E-state index contributed by atoms with van der Waals surface area (Å²) < 4.78 is 4.96. The van der Waals surface area contributed by atoms with Crippen molar-refractivity contribution in [3.63, 3.8) is 0 Å². The van der Waals surface area contributed by atoms with Crippen molar-refractivity contribution < 1.29 is 9.53 Å². The molecule has 0 spiro atoms. The monoisotopic (exact) mass is 222 g/mol. The number of methoxy groups -OCH3 is 1. The van der Waals surface area contributed by atoms with E-state index in [9.17, 15) is 4.79 Å². The number of nitrogens with two attached hydrogens (primary N) is 1. The molecule has 0 aliphatic carbocycles. The van der Waals surface area contributed by atoms with Gasteiger partial charge in [-0.05, 0) is 31.0 Å². The van der Waals surface area contributed by atoms with Crippen LogP contribution in [-0.4, -0.2) is 26.2 Å². The lowest BCUT2D eigenvalue weighted by Crippen LogP contribution is -2.11. The predicted octanol–water partition coefficient (Wildman–Crippen LogP) is 1.62.